The number of nitrogens with zero attached hydrogens (tertiary/aromatic N) is 1. The molecule has 1 aliphatic heterocycles. The summed E-state index contributed by atoms with van der Waals surface area (Å²) in [6.07, 6.45) is -5.28. The molecule has 110 valence electrons. The Morgan fingerprint density at radius 1 is 1.40 bits per heavy atom. The maximum absolute atomic E-state index is 10.6. The van der Waals surface area contributed by atoms with Gasteiger partial charge >= 0.3 is 0 Å². The average molecular weight is 306 g/mol. The topological polar surface area (TPSA) is 122 Å². The normalized spacial score (nSPS) is 30.0. The number of benzene rings is 1. The van der Waals surface area contributed by atoms with Crippen LogP contribution < -0.4 is 4.74 Å². The number of rotatable bonds is 3. The van der Waals surface area contributed by atoms with Crippen LogP contribution in [-0.2, 0) is 4.74 Å². The van der Waals surface area contributed by atoms with Gasteiger partial charge in [0.1, 0.15) is 18.0 Å². The average Bonchev–Trinajstić information content (AvgIpc) is 2.40. The number of aliphatic hydroxyl groups excluding tert-OH is 3. The van der Waals surface area contributed by atoms with Gasteiger partial charge in [-0.25, -0.2) is 0 Å². The van der Waals surface area contributed by atoms with E-state index in [0.29, 0.717) is 0 Å². The molecule has 0 aliphatic carbocycles. The van der Waals surface area contributed by atoms with Crippen LogP contribution in [0.5, 0.6) is 5.75 Å². The van der Waals surface area contributed by atoms with Crippen LogP contribution in [0.3, 0.4) is 0 Å². The van der Waals surface area contributed by atoms with Gasteiger partial charge in [-0.1, -0.05) is 11.6 Å². The molecule has 0 bridgehead atoms. The second kappa shape index (κ2) is 5.90. The van der Waals surface area contributed by atoms with Crippen LogP contribution in [0.1, 0.15) is 0 Å². The highest BCUT2D eigenvalue weighted by molar-refractivity contribution is 6.32. The van der Waals surface area contributed by atoms with Crippen LogP contribution in [0.4, 0.5) is 5.69 Å². The molecule has 1 aromatic rings. The third kappa shape index (κ3) is 3.00. The van der Waals surface area contributed by atoms with E-state index in [1.807, 2.05) is 0 Å². The van der Waals surface area contributed by atoms with Crippen molar-refractivity contribution >= 4 is 17.3 Å². The fraction of sp³-hybridized carbons (Fsp3) is 0.455. The van der Waals surface area contributed by atoms with E-state index in [9.17, 15) is 25.4 Å². The smallest absolute Gasteiger partial charge is 0.271 e. The number of halogens is 1. The molecular formula is C11H12ClNO7. The van der Waals surface area contributed by atoms with Crippen molar-refractivity contribution < 1.29 is 29.7 Å². The Labute approximate surface area is 118 Å². The SMILES string of the molecule is O=[N+]([O-])c1ccc(O[C@@H]2[C@@H](O)[C@H](O)CO[C@H]2O)c(Cl)c1. The molecule has 1 aliphatic rings. The standard InChI is InChI=1S/C11H12ClNO7/c12-6-3-5(13(17)18)1-2-8(6)20-10-9(15)7(14)4-19-11(10)16/h1-3,7,9-11,14-16H,4H2/t7-,9+,10-,11-/m1/s1. The van der Waals surface area contributed by atoms with Gasteiger partial charge in [0, 0.05) is 12.1 Å². The van der Waals surface area contributed by atoms with Gasteiger partial charge in [0.2, 0.25) is 0 Å². The molecule has 1 fully saturated rings. The Balaban J connectivity index is 2.18. The van der Waals surface area contributed by atoms with Crippen LogP contribution in [0, 0.1) is 10.1 Å². The minimum Gasteiger partial charge on any atom is -0.481 e. The molecule has 8 nitrogen and oxygen atoms in total. The van der Waals surface area contributed by atoms with Crippen molar-refractivity contribution in [1.82, 2.24) is 0 Å². The van der Waals surface area contributed by atoms with Gasteiger partial charge < -0.3 is 24.8 Å². The summed E-state index contributed by atoms with van der Waals surface area (Å²) in [6.45, 7) is -0.226. The Kier molecular flexibility index (Phi) is 4.41. The molecule has 1 saturated heterocycles. The van der Waals surface area contributed by atoms with E-state index in [-0.39, 0.29) is 23.1 Å². The summed E-state index contributed by atoms with van der Waals surface area (Å²) in [5.41, 5.74) is -0.219. The van der Waals surface area contributed by atoms with Gasteiger partial charge in [-0.2, -0.15) is 0 Å². The Morgan fingerprint density at radius 2 is 2.10 bits per heavy atom. The van der Waals surface area contributed by atoms with E-state index < -0.39 is 29.5 Å². The van der Waals surface area contributed by atoms with Crippen LogP contribution in [-0.4, -0.2) is 51.5 Å². The third-order valence-corrected chi connectivity index (χ3v) is 3.13. The van der Waals surface area contributed by atoms with Gasteiger partial charge in [-0.05, 0) is 6.07 Å². The molecule has 20 heavy (non-hydrogen) atoms. The Morgan fingerprint density at radius 3 is 2.70 bits per heavy atom. The lowest BCUT2D eigenvalue weighted by Crippen LogP contribution is -2.55. The lowest BCUT2D eigenvalue weighted by Gasteiger charge is -2.35. The molecule has 0 amide bonds. The highest BCUT2D eigenvalue weighted by atomic mass is 35.5. The van der Waals surface area contributed by atoms with Crippen molar-refractivity contribution in [1.29, 1.82) is 0 Å². The van der Waals surface area contributed by atoms with Gasteiger partial charge in [0.25, 0.3) is 5.69 Å². The molecule has 9 heteroatoms. The first-order chi connectivity index (χ1) is 9.40. The summed E-state index contributed by atoms with van der Waals surface area (Å²) < 4.78 is 10.1. The zero-order valence-corrected chi connectivity index (χ0v) is 10.8. The minimum atomic E-state index is -1.44. The van der Waals surface area contributed by atoms with Gasteiger partial charge in [-0.3, -0.25) is 10.1 Å². The van der Waals surface area contributed by atoms with Crippen LogP contribution in [0.25, 0.3) is 0 Å². The van der Waals surface area contributed by atoms with E-state index in [2.05, 4.69) is 0 Å². The molecule has 1 aromatic carbocycles. The van der Waals surface area contributed by atoms with Crippen molar-refractivity contribution in [3.05, 3.63) is 33.3 Å². The summed E-state index contributed by atoms with van der Waals surface area (Å²) in [5, 5.41) is 39.3. The molecule has 4 atom stereocenters. The third-order valence-electron chi connectivity index (χ3n) is 2.84. The summed E-state index contributed by atoms with van der Waals surface area (Å²) in [6, 6.07) is 3.48. The van der Waals surface area contributed by atoms with Crippen LogP contribution >= 0.6 is 11.6 Å². The second-order valence-electron chi connectivity index (χ2n) is 4.24. The minimum absolute atomic E-state index is 0.0260. The summed E-state index contributed by atoms with van der Waals surface area (Å²) in [7, 11) is 0. The van der Waals surface area contributed by atoms with Crippen molar-refractivity contribution in [2.24, 2.45) is 0 Å². The molecular weight excluding hydrogens is 294 g/mol. The zero-order valence-electron chi connectivity index (χ0n) is 10.0. The number of nitro benzene ring substituents is 1. The second-order valence-corrected chi connectivity index (χ2v) is 4.64. The van der Waals surface area contributed by atoms with Crippen molar-refractivity contribution in [2.45, 2.75) is 24.6 Å². The molecule has 0 spiro atoms. The van der Waals surface area contributed by atoms with E-state index in [0.717, 1.165) is 6.07 Å². The number of non-ortho nitro benzene ring substituents is 1. The summed E-state index contributed by atoms with van der Waals surface area (Å²) in [5.74, 6) is 0.0260. The molecule has 3 N–H and O–H groups in total. The van der Waals surface area contributed by atoms with E-state index >= 15 is 0 Å². The largest absolute Gasteiger partial charge is 0.481 e. The molecule has 0 aromatic heterocycles. The number of ether oxygens (including phenoxy) is 2. The lowest BCUT2D eigenvalue weighted by atomic mass is 10.1. The van der Waals surface area contributed by atoms with E-state index in [4.69, 9.17) is 21.1 Å². The number of hydrogen-bond acceptors (Lipinski definition) is 7. The molecule has 1 heterocycles. The van der Waals surface area contributed by atoms with Crippen LogP contribution in [0.2, 0.25) is 5.02 Å². The van der Waals surface area contributed by atoms with Crippen molar-refractivity contribution in [3.63, 3.8) is 0 Å². The Bertz CT molecular complexity index is 512. The predicted octanol–water partition coefficient (Wildman–Crippen LogP) is 0.0660. The molecule has 0 radical (unpaired) electrons. The maximum Gasteiger partial charge on any atom is 0.271 e. The fourth-order valence-corrected chi connectivity index (χ4v) is 1.97. The summed E-state index contributed by atoms with van der Waals surface area (Å²) in [4.78, 5) is 9.96. The Hall–Kier alpha value is -1.45. The number of aliphatic hydroxyl groups is 3. The zero-order chi connectivity index (χ0) is 14.9. The van der Waals surface area contributed by atoms with Crippen molar-refractivity contribution in [3.8, 4) is 5.75 Å². The summed E-state index contributed by atoms with van der Waals surface area (Å²) >= 11 is 5.83. The van der Waals surface area contributed by atoms with Gasteiger partial charge in [0.15, 0.2) is 12.4 Å². The molecule has 2 rings (SSSR count). The predicted molar refractivity (Wildman–Crippen MR) is 66.5 cm³/mol. The van der Waals surface area contributed by atoms with E-state index in [1.165, 1.54) is 12.1 Å². The number of hydrogen-bond donors (Lipinski definition) is 3. The molecule has 0 saturated carbocycles. The first kappa shape index (κ1) is 14.9. The first-order valence-electron chi connectivity index (χ1n) is 5.66. The lowest BCUT2D eigenvalue weighted by molar-refractivity contribution is -0.384. The quantitative estimate of drug-likeness (QED) is 0.533. The van der Waals surface area contributed by atoms with Gasteiger partial charge in [-0.15, -0.1) is 0 Å². The number of nitro groups is 1. The van der Waals surface area contributed by atoms with Crippen LogP contribution in [0.15, 0.2) is 18.2 Å². The van der Waals surface area contributed by atoms with E-state index in [1.54, 1.807) is 0 Å². The first-order valence-corrected chi connectivity index (χ1v) is 6.04. The van der Waals surface area contributed by atoms with Crippen molar-refractivity contribution in [2.75, 3.05) is 6.61 Å². The van der Waals surface area contributed by atoms with Gasteiger partial charge in [0.05, 0.1) is 16.6 Å². The monoisotopic (exact) mass is 305 g/mol. The molecule has 0 unspecified atom stereocenters. The highest BCUT2D eigenvalue weighted by Gasteiger charge is 2.40. The fourth-order valence-electron chi connectivity index (χ4n) is 1.75. The maximum atomic E-state index is 10.6. The highest BCUT2D eigenvalue weighted by Crippen LogP contribution is 2.31.